The van der Waals surface area contributed by atoms with Gasteiger partial charge in [0, 0.05) is 6.54 Å². The molecule has 0 bridgehead atoms. The second kappa shape index (κ2) is 7.75. The van der Waals surface area contributed by atoms with Crippen LogP contribution < -0.4 is 15.5 Å². The fraction of sp³-hybridized carbons (Fsp3) is 0.167. The van der Waals surface area contributed by atoms with Gasteiger partial charge in [-0.2, -0.15) is 5.10 Å². The van der Waals surface area contributed by atoms with Crippen molar-refractivity contribution in [2.75, 3.05) is 13.7 Å². The van der Waals surface area contributed by atoms with Crippen LogP contribution in [0.25, 0.3) is 0 Å². The van der Waals surface area contributed by atoms with E-state index in [1.165, 1.54) is 7.11 Å². The molecular weight excluding hydrogens is 330 g/mol. The van der Waals surface area contributed by atoms with Crippen LogP contribution in [0.5, 0.6) is 11.5 Å². The number of aromatic hydroxyl groups is 1. The molecule has 1 aromatic carbocycles. The van der Waals surface area contributed by atoms with Crippen molar-refractivity contribution in [1.82, 2.24) is 10.7 Å². The first-order valence-electron chi connectivity index (χ1n) is 5.32. The number of halogens is 1. The molecule has 0 saturated heterocycles. The molecule has 0 unspecified atom stereocenters. The number of rotatable bonds is 5. The summed E-state index contributed by atoms with van der Waals surface area (Å²) in [6, 6.07) is 3.37. The number of phenolic OH excluding ortho intramolecular Hbond substituents is 1. The predicted octanol–water partition coefficient (Wildman–Crippen LogP) is 2.15. The third-order valence-corrected chi connectivity index (χ3v) is 2.90. The highest BCUT2D eigenvalue weighted by molar-refractivity contribution is 9.10. The van der Waals surface area contributed by atoms with Gasteiger partial charge >= 0.3 is 0 Å². The van der Waals surface area contributed by atoms with Crippen LogP contribution >= 0.6 is 28.1 Å². The topological polar surface area (TPSA) is 65.9 Å². The Morgan fingerprint density at radius 2 is 2.37 bits per heavy atom. The summed E-state index contributed by atoms with van der Waals surface area (Å²) in [5, 5.41) is 16.9. The van der Waals surface area contributed by atoms with Crippen LogP contribution in [0.4, 0.5) is 0 Å². The lowest BCUT2D eigenvalue weighted by Crippen LogP contribution is -2.31. The Labute approximate surface area is 125 Å². The first-order chi connectivity index (χ1) is 9.08. The summed E-state index contributed by atoms with van der Waals surface area (Å²) < 4.78 is 5.56. The Bertz CT molecular complexity index is 506. The van der Waals surface area contributed by atoms with Gasteiger partial charge in [-0.3, -0.25) is 5.43 Å². The summed E-state index contributed by atoms with van der Waals surface area (Å²) in [6.45, 7) is 4.14. The third kappa shape index (κ3) is 4.88. The van der Waals surface area contributed by atoms with E-state index in [4.69, 9.17) is 17.0 Å². The molecule has 0 aliphatic rings. The first-order valence-corrected chi connectivity index (χ1v) is 6.53. The minimum atomic E-state index is 0.0516. The highest BCUT2D eigenvalue weighted by Gasteiger charge is 2.07. The van der Waals surface area contributed by atoms with Crippen molar-refractivity contribution in [1.29, 1.82) is 0 Å². The van der Waals surface area contributed by atoms with E-state index in [0.717, 1.165) is 5.56 Å². The van der Waals surface area contributed by atoms with E-state index in [1.54, 1.807) is 24.4 Å². The Hall–Kier alpha value is -1.60. The Morgan fingerprint density at radius 1 is 1.63 bits per heavy atom. The van der Waals surface area contributed by atoms with Crippen LogP contribution in [0.3, 0.4) is 0 Å². The summed E-state index contributed by atoms with van der Waals surface area (Å²) in [4.78, 5) is 0. The molecule has 0 fully saturated rings. The summed E-state index contributed by atoms with van der Waals surface area (Å²) in [6.07, 6.45) is 3.26. The number of thiocarbonyl (C=S) groups is 1. The average molecular weight is 344 g/mol. The Balaban J connectivity index is 2.69. The maximum absolute atomic E-state index is 9.66. The molecule has 0 atom stereocenters. The van der Waals surface area contributed by atoms with Gasteiger partial charge in [-0.1, -0.05) is 6.08 Å². The zero-order valence-corrected chi connectivity index (χ0v) is 12.7. The van der Waals surface area contributed by atoms with Crippen molar-refractivity contribution >= 4 is 39.5 Å². The minimum Gasteiger partial charge on any atom is -0.503 e. The molecule has 1 aromatic rings. The number of methoxy groups -OCH3 is 1. The largest absolute Gasteiger partial charge is 0.503 e. The van der Waals surface area contributed by atoms with Crippen molar-refractivity contribution in [3.05, 3.63) is 34.8 Å². The number of ether oxygens (including phenoxy) is 1. The molecular formula is C12H14BrN3O2S. The molecule has 7 heteroatoms. The summed E-state index contributed by atoms with van der Waals surface area (Å²) in [5.74, 6) is 0.416. The van der Waals surface area contributed by atoms with Crippen molar-refractivity contribution < 1.29 is 9.84 Å². The lowest BCUT2D eigenvalue weighted by molar-refractivity contribution is 0.372. The van der Waals surface area contributed by atoms with Crippen LogP contribution in [0.2, 0.25) is 0 Å². The molecule has 0 spiro atoms. The van der Waals surface area contributed by atoms with Crippen molar-refractivity contribution in [3.63, 3.8) is 0 Å². The second-order valence-corrected chi connectivity index (χ2v) is 4.68. The normalized spacial score (nSPS) is 10.2. The molecule has 0 aromatic heterocycles. The van der Waals surface area contributed by atoms with Crippen molar-refractivity contribution in [2.45, 2.75) is 0 Å². The van der Waals surface area contributed by atoms with E-state index < -0.39 is 0 Å². The smallest absolute Gasteiger partial charge is 0.187 e. The molecule has 102 valence electrons. The highest BCUT2D eigenvalue weighted by Crippen LogP contribution is 2.34. The number of hydrogen-bond acceptors (Lipinski definition) is 4. The molecule has 0 amide bonds. The number of benzene rings is 1. The molecule has 5 nitrogen and oxygen atoms in total. The van der Waals surface area contributed by atoms with Crippen molar-refractivity contribution in [3.8, 4) is 11.5 Å². The summed E-state index contributed by atoms with van der Waals surface area (Å²) >= 11 is 8.20. The zero-order chi connectivity index (χ0) is 14.3. The first kappa shape index (κ1) is 15.5. The second-order valence-electron chi connectivity index (χ2n) is 3.42. The molecule has 0 radical (unpaired) electrons. The minimum absolute atomic E-state index is 0.0516. The van der Waals surface area contributed by atoms with Crippen LogP contribution in [0, 0.1) is 0 Å². The van der Waals surface area contributed by atoms with Crippen LogP contribution in [0.1, 0.15) is 5.56 Å². The van der Waals surface area contributed by atoms with E-state index in [0.29, 0.717) is 21.9 Å². The molecule has 19 heavy (non-hydrogen) atoms. The molecule has 0 aliphatic carbocycles. The average Bonchev–Trinajstić information content (AvgIpc) is 2.40. The fourth-order valence-corrected chi connectivity index (χ4v) is 1.79. The predicted molar refractivity (Wildman–Crippen MR) is 83.9 cm³/mol. The molecule has 1 rings (SSSR count). The standard InChI is InChI=1S/C12H14BrN3O2S/c1-3-4-14-12(19)16-15-7-8-5-9(13)11(17)10(6-8)18-2/h3,5-7,17H,1,4H2,2H3,(H2,14,16,19). The Morgan fingerprint density at radius 3 is 3.00 bits per heavy atom. The number of hydrazone groups is 1. The molecule has 3 N–H and O–H groups in total. The third-order valence-electron chi connectivity index (χ3n) is 2.06. The van der Waals surface area contributed by atoms with E-state index >= 15 is 0 Å². The van der Waals surface area contributed by atoms with Crippen LogP contribution in [-0.4, -0.2) is 30.1 Å². The SMILES string of the molecule is C=CCNC(=S)NN=Cc1cc(Br)c(O)c(OC)c1. The summed E-state index contributed by atoms with van der Waals surface area (Å²) in [5.41, 5.74) is 3.41. The van der Waals surface area contributed by atoms with Gasteiger partial charge in [-0.15, -0.1) is 6.58 Å². The van der Waals surface area contributed by atoms with Crippen LogP contribution in [-0.2, 0) is 0 Å². The fourth-order valence-electron chi connectivity index (χ4n) is 1.19. The monoisotopic (exact) mass is 343 g/mol. The number of phenols is 1. The van der Waals surface area contributed by atoms with Crippen molar-refractivity contribution in [2.24, 2.45) is 5.10 Å². The van der Waals surface area contributed by atoms with E-state index in [-0.39, 0.29) is 5.75 Å². The Kier molecular flexibility index (Phi) is 6.31. The quantitative estimate of drug-likeness (QED) is 0.331. The van der Waals surface area contributed by atoms with Gasteiger partial charge in [0.1, 0.15) is 0 Å². The van der Waals surface area contributed by atoms with Gasteiger partial charge < -0.3 is 15.2 Å². The van der Waals surface area contributed by atoms with E-state index in [2.05, 4.69) is 38.4 Å². The lowest BCUT2D eigenvalue weighted by atomic mass is 10.2. The van der Waals surface area contributed by atoms with Gasteiger partial charge in [-0.25, -0.2) is 0 Å². The van der Waals surface area contributed by atoms with E-state index in [1.807, 2.05) is 0 Å². The molecule has 0 saturated carbocycles. The lowest BCUT2D eigenvalue weighted by Gasteiger charge is -2.06. The zero-order valence-electron chi connectivity index (χ0n) is 10.3. The maximum atomic E-state index is 9.66. The maximum Gasteiger partial charge on any atom is 0.187 e. The number of nitrogens with zero attached hydrogens (tertiary/aromatic N) is 1. The van der Waals surface area contributed by atoms with Gasteiger partial charge in [-0.05, 0) is 45.8 Å². The van der Waals surface area contributed by atoms with Gasteiger partial charge in [0.25, 0.3) is 0 Å². The van der Waals surface area contributed by atoms with E-state index in [9.17, 15) is 5.11 Å². The van der Waals surface area contributed by atoms with Gasteiger partial charge in [0.05, 0.1) is 17.8 Å². The number of hydrogen-bond donors (Lipinski definition) is 3. The number of nitrogens with one attached hydrogen (secondary N) is 2. The van der Waals surface area contributed by atoms with Crippen LogP contribution in [0.15, 0.2) is 34.4 Å². The van der Waals surface area contributed by atoms with Gasteiger partial charge in [0.15, 0.2) is 16.6 Å². The molecule has 0 heterocycles. The van der Waals surface area contributed by atoms with Gasteiger partial charge in [0.2, 0.25) is 0 Å². The molecule has 0 aliphatic heterocycles. The highest BCUT2D eigenvalue weighted by atomic mass is 79.9. The summed E-state index contributed by atoms with van der Waals surface area (Å²) in [7, 11) is 1.48.